The first-order valence-corrected chi connectivity index (χ1v) is 3.58. The molecule has 1 aliphatic carbocycles. The molecule has 0 bridgehead atoms. The van der Waals surface area contributed by atoms with Crippen LogP contribution in [-0.2, 0) is 4.79 Å². The normalized spacial score (nSPS) is 16.8. The molecule has 0 aliphatic heterocycles. The molecule has 0 aromatic heterocycles. The lowest BCUT2D eigenvalue weighted by molar-refractivity contribution is -0.107. The number of thiocarbonyl (C=S) groups is 1. The van der Waals surface area contributed by atoms with E-state index in [0.29, 0.717) is 6.42 Å². The maximum atomic E-state index is 10.1. The molecular weight excluding hydrogens is 144 g/mol. The Balaban J connectivity index is 2.70. The van der Waals surface area contributed by atoms with Crippen LogP contribution in [0.15, 0.2) is 23.8 Å². The van der Waals surface area contributed by atoms with Crippen molar-refractivity contribution < 1.29 is 4.79 Å². The maximum absolute atomic E-state index is 10.1. The first-order chi connectivity index (χ1) is 4.84. The molecule has 1 nitrogen and oxygen atoms in total. The van der Waals surface area contributed by atoms with E-state index in [1.165, 1.54) is 0 Å². The summed E-state index contributed by atoms with van der Waals surface area (Å²) in [5.41, 5.74) is 0.993. The van der Waals surface area contributed by atoms with Crippen molar-refractivity contribution >= 4 is 23.4 Å². The Bertz CT molecular complexity index is 213. The van der Waals surface area contributed by atoms with Crippen LogP contribution >= 0.6 is 12.2 Å². The number of hydrogen-bond acceptors (Lipinski definition) is 2. The van der Waals surface area contributed by atoms with E-state index in [1.54, 1.807) is 0 Å². The van der Waals surface area contributed by atoms with Crippen LogP contribution in [-0.4, -0.2) is 11.2 Å². The van der Waals surface area contributed by atoms with Crippen LogP contribution in [0.4, 0.5) is 0 Å². The van der Waals surface area contributed by atoms with Gasteiger partial charge in [0.2, 0.25) is 0 Å². The Labute approximate surface area is 65.4 Å². The summed E-state index contributed by atoms with van der Waals surface area (Å²) in [6, 6.07) is 0. The van der Waals surface area contributed by atoms with Gasteiger partial charge in [-0.3, -0.25) is 0 Å². The standard InChI is InChI=1S/C8H8OS/c9-6-5-7-3-1-2-4-8(7)10/h1-3,6H,4-5H2. The van der Waals surface area contributed by atoms with E-state index in [2.05, 4.69) is 0 Å². The highest BCUT2D eigenvalue weighted by atomic mass is 32.1. The van der Waals surface area contributed by atoms with Gasteiger partial charge in [0.05, 0.1) is 0 Å². The zero-order valence-electron chi connectivity index (χ0n) is 5.54. The molecule has 10 heavy (non-hydrogen) atoms. The summed E-state index contributed by atoms with van der Waals surface area (Å²) in [7, 11) is 0. The molecule has 1 rings (SSSR count). The van der Waals surface area contributed by atoms with Gasteiger partial charge in [0.1, 0.15) is 6.29 Å². The fourth-order valence-electron chi connectivity index (χ4n) is 0.855. The highest BCUT2D eigenvalue weighted by Crippen LogP contribution is 2.11. The molecule has 0 fully saturated rings. The maximum Gasteiger partial charge on any atom is 0.124 e. The van der Waals surface area contributed by atoms with Crippen LogP contribution in [0, 0.1) is 0 Å². The van der Waals surface area contributed by atoms with Gasteiger partial charge >= 0.3 is 0 Å². The summed E-state index contributed by atoms with van der Waals surface area (Å²) in [5, 5.41) is 0. The molecule has 0 unspecified atom stereocenters. The van der Waals surface area contributed by atoms with Crippen LogP contribution in [0.1, 0.15) is 12.8 Å². The van der Waals surface area contributed by atoms with Crippen molar-refractivity contribution in [1.29, 1.82) is 0 Å². The number of carbonyl (C=O) groups excluding carboxylic acids is 1. The third-order valence-electron chi connectivity index (χ3n) is 1.40. The van der Waals surface area contributed by atoms with Crippen molar-refractivity contribution in [3.05, 3.63) is 23.8 Å². The first kappa shape index (κ1) is 7.35. The van der Waals surface area contributed by atoms with Crippen molar-refractivity contribution in [3.8, 4) is 0 Å². The Morgan fingerprint density at radius 2 is 2.50 bits per heavy atom. The summed E-state index contributed by atoms with van der Waals surface area (Å²) < 4.78 is 0. The summed E-state index contributed by atoms with van der Waals surface area (Å²) in [5.74, 6) is 0. The molecule has 2 heteroatoms. The molecule has 0 aromatic carbocycles. The van der Waals surface area contributed by atoms with E-state index in [0.717, 1.165) is 23.1 Å². The van der Waals surface area contributed by atoms with E-state index in [9.17, 15) is 4.79 Å². The summed E-state index contributed by atoms with van der Waals surface area (Å²) in [6.07, 6.45) is 8.00. The highest BCUT2D eigenvalue weighted by Gasteiger charge is 2.04. The fraction of sp³-hybridized carbons (Fsp3) is 0.250. The lowest BCUT2D eigenvalue weighted by Crippen LogP contribution is -2.01. The molecule has 0 saturated heterocycles. The lowest BCUT2D eigenvalue weighted by atomic mass is 10.0. The van der Waals surface area contributed by atoms with Gasteiger partial charge in [0.15, 0.2) is 0 Å². The van der Waals surface area contributed by atoms with E-state index >= 15 is 0 Å². The van der Waals surface area contributed by atoms with Gasteiger partial charge in [0, 0.05) is 17.7 Å². The predicted octanol–water partition coefficient (Wildman–Crippen LogP) is 1.83. The van der Waals surface area contributed by atoms with Crippen molar-refractivity contribution in [3.63, 3.8) is 0 Å². The minimum absolute atomic E-state index is 0.461. The van der Waals surface area contributed by atoms with Gasteiger partial charge in [-0.2, -0.15) is 0 Å². The number of hydrogen-bond donors (Lipinski definition) is 0. The van der Waals surface area contributed by atoms with E-state index < -0.39 is 0 Å². The smallest absolute Gasteiger partial charge is 0.124 e. The zero-order valence-corrected chi connectivity index (χ0v) is 6.36. The van der Waals surface area contributed by atoms with Crippen LogP contribution < -0.4 is 0 Å². The predicted molar refractivity (Wildman–Crippen MR) is 45.1 cm³/mol. The molecule has 0 aromatic rings. The van der Waals surface area contributed by atoms with Gasteiger partial charge in [-0.05, 0) is 5.57 Å². The van der Waals surface area contributed by atoms with Crippen LogP contribution in [0.25, 0.3) is 0 Å². The second-order valence-electron chi connectivity index (χ2n) is 2.12. The molecule has 1 aliphatic rings. The summed E-state index contributed by atoms with van der Waals surface area (Å²) in [4.78, 5) is 11.0. The largest absolute Gasteiger partial charge is 0.303 e. The average Bonchev–Trinajstić information content (AvgIpc) is 1.94. The topological polar surface area (TPSA) is 17.1 Å². The number of aldehydes is 1. The molecule has 52 valence electrons. The fourth-order valence-corrected chi connectivity index (χ4v) is 1.10. The molecular formula is C8H8OS. The van der Waals surface area contributed by atoms with E-state index in [-0.39, 0.29) is 0 Å². The molecule has 0 saturated carbocycles. The molecule has 0 spiro atoms. The Kier molecular flexibility index (Phi) is 2.51. The Hall–Kier alpha value is -0.760. The van der Waals surface area contributed by atoms with Gasteiger partial charge < -0.3 is 4.79 Å². The van der Waals surface area contributed by atoms with E-state index in [1.807, 2.05) is 18.2 Å². The molecule has 0 N–H and O–H groups in total. The van der Waals surface area contributed by atoms with Crippen molar-refractivity contribution in [2.75, 3.05) is 0 Å². The quantitative estimate of drug-likeness (QED) is 0.443. The van der Waals surface area contributed by atoms with Crippen molar-refractivity contribution in [2.24, 2.45) is 0 Å². The SMILES string of the molecule is O=CCC1=CC=CCC1=S. The van der Waals surface area contributed by atoms with Gasteiger partial charge in [-0.1, -0.05) is 30.4 Å². The summed E-state index contributed by atoms with van der Waals surface area (Å²) >= 11 is 5.01. The molecule has 0 heterocycles. The molecule has 0 amide bonds. The van der Waals surface area contributed by atoms with Crippen molar-refractivity contribution in [2.45, 2.75) is 12.8 Å². The number of carbonyl (C=O) groups is 1. The second-order valence-corrected chi connectivity index (χ2v) is 2.61. The Morgan fingerprint density at radius 1 is 1.70 bits per heavy atom. The average molecular weight is 152 g/mol. The third-order valence-corrected chi connectivity index (χ3v) is 1.83. The van der Waals surface area contributed by atoms with Crippen molar-refractivity contribution in [1.82, 2.24) is 0 Å². The second kappa shape index (κ2) is 3.42. The highest BCUT2D eigenvalue weighted by molar-refractivity contribution is 7.80. The molecule has 0 radical (unpaired) electrons. The monoisotopic (exact) mass is 152 g/mol. The number of allylic oxidation sites excluding steroid dienone is 4. The third kappa shape index (κ3) is 1.61. The van der Waals surface area contributed by atoms with Gasteiger partial charge in [-0.25, -0.2) is 0 Å². The van der Waals surface area contributed by atoms with Gasteiger partial charge in [-0.15, -0.1) is 0 Å². The minimum atomic E-state index is 0.461. The van der Waals surface area contributed by atoms with Crippen LogP contribution in [0.3, 0.4) is 0 Å². The summed E-state index contributed by atoms with van der Waals surface area (Å²) in [6.45, 7) is 0. The minimum Gasteiger partial charge on any atom is -0.303 e. The zero-order chi connectivity index (χ0) is 7.40. The number of rotatable bonds is 2. The lowest BCUT2D eigenvalue weighted by Gasteiger charge is -2.05. The molecule has 0 atom stereocenters. The van der Waals surface area contributed by atoms with E-state index in [4.69, 9.17) is 12.2 Å². The first-order valence-electron chi connectivity index (χ1n) is 3.17. The van der Waals surface area contributed by atoms with Crippen LogP contribution in [0.5, 0.6) is 0 Å². The van der Waals surface area contributed by atoms with Crippen LogP contribution in [0.2, 0.25) is 0 Å². The van der Waals surface area contributed by atoms with Gasteiger partial charge in [0.25, 0.3) is 0 Å². The Morgan fingerprint density at radius 3 is 3.10 bits per heavy atom.